The Morgan fingerprint density at radius 1 is 1.04 bits per heavy atom. The molecule has 8 heteroatoms. The van der Waals surface area contributed by atoms with E-state index in [2.05, 4.69) is 20.4 Å². The third-order valence-electron chi connectivity index (χ3n) is 3.45. The largest absolute Gasteiger partial charge is 0.411 e. The van der Waals surface area contributed by atoms with Gasteiger partial charge in [-0.3, -0.25) is 4.99 Å². The van der Waals surface area contributed by atoms with Gasteiger partial charge in [0, 0.05) is 33.4 Å². The van der Waals surface area contributed by atoms with E-state index in [4.69, 9.17) is 4.74 Å². The first-order chi connectivity index (χ1) is 12.4. The monoisotopic (exact) mass is 375 g/mol. The van der Waals surface area contributed by atoms with E-state index in [1.54, 1.807) is 19.2 Å². The zero-order chi connectivity index (χ0) is 19.3. The molecule has 0 saturated heterocycles. The maximum absolute atomic E-state index is 12.0. The molecule has 148 valence electrons. The molecule has 2 N–H and O–H groups in total. The van der Waals surface area contributed by atoms with Gasteiger partial charge in [-0.05, 0) is 30.9 Å². The molecule has 0 unspecified atom stereocenters. The molecular formula is C18H28F3N3O2. The van der Waals surface area contributed by atoms with Crippen LogP contribution in [0.25, 0.3) is 0 Å². The summed E-state index contributed by atoms with van der Waals surface area (Å²) in [6, 6.07) is 7.23. The van der Waals surface area contributed by atoms with Gasteiger partial charge in [0.05, 0.1) is 6.61 Å². The highest BCUT2D eigenvalue weighted by Gasteiger charge is 2.27. The van der Waals surface area contributed by atoms with Crippen LogP contribution in [-0.4, -0.2) is 45.5 Å². The molecule has 1 rings (SSSR count). The minimum atomic E-state index is -4.30. The third kappa shape index (κ3) is 10.9. The Kier molecular flexibility index (Phi) is 10.7. The quantitative estimate of drug-likeness (QED) is 0.354. The molecule has 0 radical (unpaired) electrons. The number of hydrogen-bond donors (Lipinski definition) is 2. The van der Waals surface area contributed by atoms with E-state index >= 15 is 0 Å². The molecule has 0 fully saturated rings. The van der Waals surface area contributed by atoms with Crippen molar-refractivity contribution in [1.29, 1.82) is 0 Å². The molecule has 0 aliphatic carbocycles. The number of nitrogens with zero attached hydrogens (tertiary/aromatic N) is 1. The Morgan fingerprint density at radius 3 is 2.35 bits per heavy atom. The molecule has 0 aromatic heterocycles. The van der Waals surface area contributed by atoms with Gasteiger partial charge in [0.1, 0.15) is 6.61 Å². The van der Waals surface area contributed by atoms with Crippen molar-refractivity contribution in [1.82, 2.24) is 10.6 Å². The molecule has 0 amide bonds. The van der Waals surface area contributed by atoms with Crippen molar-refractivity contribution < 1.29 is 22.6 Å². The second-order valence-corrected chi connectivity index (χ2v) is 5.68. The maximum atomic E-state index is 12.0. The molecule has 0 aliphatic rings. The zero-order valence-corrected chi connectivity index (χ0v) is 15.4. The predicted molar refractivity (Wildman–Crippen MR) is 96.1 cm³/mol. The van der Waals surface area contributed by atoms with Crippen LogP contribution in [0.1, 0.15) is 30.9 Å². The smallest absolute Gasteiger partial charge is 0.382 e. The molecule has 0 spiro atoms. The van der Waals surface area contributed by atoms with E-state index in [9.17, 15) is 13.2 Å². The number of nitrogens with one attached hydrogen (secondary N) is 2. The first-order valence-corrected chi connectivity index (χ1v) is 8.69. The maximum Gasteiger partial charge on any atom is 0.411 e. The summed E-state index contributed by atoms with van der Waals surface area (Å²) in [4.78, 5) is 4.15. The molecule has 1 aromatic rings. The van der Waals surface area contributed by atoms with Gasteiger partial charge in [-0.1, -0.05) is 24.3 Å². The normalized spacial score (nSPS) is 12.3. The van der Waals surface area contributed by atoms with Crippen LogP contribution in [0.2, 0.25) is 0 Å². The number of hydrogen-bond acceptors (Lipinski definition) is 3. The Bertz CT molecular complexity index is 519. The second kappa shape index (κ2) is 12.5. The lowest BCUT2D eigenvalue weighted by atomic mass is 10.1. The van der Waals surface area contributed by atoms with Crippen LogP contribution >= 0.6 is 0 Å². The van der Waals surface area contributed by atoms with Crippen molar-refractivity contribution in [2.75, 3.05) is 33.4 Å². The van der Waals surface area contributed by atoms with Crippen LogP contribution in [0, 0.1) is 0 Å². The molecule has 0 aliphatic heterocycles. The van der Waals surface area contributed by atoms with Gasteiger partial charge in [-0.15, -0.1) is 0 Å². The SMILES string of the molecule is CCOCCCCNC(=NC)NCc1ccc(COCC(F)(F)F)cc1. The molecule has 0 bridgehead atoms. The van der Waals surface area contributed by atoms with E-state index < -0.39 is 12.8 Å². The summed E-state index contributed by atoms with van der Waals surface area (Å²) < 4.78 is 46.0. The van der Waals surface area contributed by atoms with Crippen molar-refractivity contribution >= 4 is 5.96 Å². The van der Waals surface area contributed by atoms with Crippen molar-refractivity contribution in [2.45, 2.75) is 39.1 Å². The highest BCUT2D eigenvalue weighted by molar-refractivity contribution is 5.79. The van der Waals surface area contributed by atoms with Gasteiger partial charge in [0.2, 0.25) is 0 Å². The molecular weight excluding hydrogens is 347 g/mol. The molecule has 0 heterocycles. The standard InChI is InChI=1S/C18H28F3N3O2/c1-3-25-11-5-4-10-23-17(22-2)24-12-15-6-8-16(9-7-15)13-26-14-18(19,20)21/h6-9H,3-5,10-14H2,1-2H3,(H2,22,23,24). The van der Waals surface area contributed by atoms with E-state index in [1.807, 2.05) is 19.1 Å². The van der Waals surface area contributed by atoms with Crippen LogP contribution in [0.5, 0.6) is 0 Å². The van der Waals surface area contributed by atoms with Crippen LogP contribution in [0.3, 0.4) is 0 Å². The van der Waals surface area contributed by atoms with E-state index in [-0.39, 0.29) is 6.61 Å². The number of guanidine groups is 1. The fourth-order valence-corrected chi connectivity index (χ4v) is 2.12. The van der Waals surface area contributed by atoms with Crippen molar-refractivity contribution in [3.05, 3.63) is 35.4 Å². The highest BCUT2D eigenvalue weighted by atomic mass is 19.4. The third-order valence-corrected chi connectivity index (χ3v) is 3.45. The first-order valence-electron chi connectivity index (χ1n) is 8.69. The zero-order valence-electron chi connectivity index (χ0n) is 15.4. The Morgan fingerprint density at radius 2 is 1.73 bits per heavy atom. The van der Waals surface area contributed by atoms with Crippen LogP contribution in [0.15, 0.2) is 29.3 Å². The topological polar surface area (TPSA) is 54.9 Å². The number of rotatable bonds is 11. The average molecular weight is 375 g/mol. The Labute approximate surface area is 153 Å². The number of ether oxygens (including phenoxy) is 2. The summed E-state index contributed by atoms with van der Waals surface area (Å²) in [5, 5.41) is 6.42. The number of unbranched alkanes of at least 4 members (excludes halogenated alkanes) is 1. The number of alkyl halides is 3. The summed E-state index contributed by atoms with van der Waals surface area (Å²) in [5.41, 5.74) is 1.71. The summed E-state index contributed by atoms with van der Waals surface area (Å²) in [6.07, 6.45) is -2.31. The second-order valence-electron chi connectivity index (χ2n) is 5.68. The van der Waals surface area contributed by atoms with E-state index in [1.165, 1.54) is 0 Å². The minimum Gasteiger partial charge on any atom is -0.382 e. The van der Waals surface area contributed by atoms with Crippen LogP contribution in [0.4, 0.5) is 13.2 Å². The lowest BCUT2D eigenvalue weighted by molar-refractivity contribution is -0.176. The fraction of sp³-hybridized carbons (Fsp3) is 0.611. The van der Waals surface area contributed by atoms with Gasteiger partial charge < -0.3 is 20.1 Å². The number of aliphatic imine (C=N–C) groups is 1. The molecule has 0 saturated carbocycles. The fourth-order valence-electron chi connectivity index (χ4n) is 2.12. The molecule has 1 aromatic carbocycles. The summed E-state index contributed by atoms with van der Waals surface area (Å²) >= 11 is 0. The van der Waals surface area contributed by atoms with Gasteiger partial charge >= 0.3 is 6.18 Å². The first kappa shape index (κ1) is 22.2. The molecule has 0 atom stereocenters. The van der Waals surface area contributed by atoms with Crippen LogP contribution < -0.4 is 10.6 Å². The summed E-state index contributed by atoms with van der Waals surface area (Å²) in [6.45, 7) is 3.57. The lowest BCUT2D eigenvalue weighted by Crippen LogP contribution is -2.37. The predicted octanol–water partition coefficient (Wildman–Crippen LogP) is 3.25. The Hall–Kier alpha value is -1.80. The number of halogens is 3. The van der Waals surface area contributed by atoms with E-state index in [0.717, 1.165) is 38.2 Å². The van der Waals surface area contributed by atoms with Gasteiger partial charge in [0.25, 0.3) is 0 Å². The van der Waals surface area contributed by atoms with Crippen LogP contribution in [-0.2, 0) is 22.6 Å². The minimum absolute atomic E-state index is 0.0574. The highest BCUT2D eigenvalue weighted by Crippen LogP contribution is 2.15. The van der Waals surface area contributed by atoms with Crippen molar-refractivity contribution in [3.8, 4) is 0 Å². The van der Waals surface area contributed by atoms with Gasteiger partial charge in [0.15, 0.2) is 5.96 Å². The Balaban J connectivity index is 2.26. The van der Waals surface area contributed by atoms with Crippen molar-refractivity contribution in [2.24, 2.45) is 4.99 Å². The lowest BCUT2D eigenvalue weighted by Gasteiger charge is -2.12. The van der Waals surface area contributed by atoms with Gasteiger partial charge in [-0.2, -0.15) is 13.2 Å². The van der Waals surface area contributed by atoms with Gasteiger partial charge in [-0.25, -0.2) is 0 Å². The van der Waals surface area contributed by atoms with E-state index in [0.29, 0.717) is 18.1 Å². The summed E-state index contributed by atoms with van der Waals surface area (Å²) in [7, 11) is 1.70. The summed E-state index contributed by atoms with van der Waals surface area (Å²) in [5.74, 6) is 0.707. The molecule has 26 heavy (non-hydrogen) atoms. The van der Waals surface area contributed by atoms with Crippen molar-refractivity contribution in [3.63, 3.8) is 0 Å². The average Bonchev–Trinajstić information content (AvgIpc) is 2.60. The number of benzene rings is 1. The molecule has 5 nitrogen and oxygen atoms in total.